The highest BCUT2D eigenvalue weighted by Gasteiger charge is 2.28. The minimum absolute atomic E-state index is 0.159. The molecule has 1 aromatic carbocycles. The monoisotopic (exact) mass is 282 g/mol. The van der Waals surface area contributed by atoms with Gasteiger partial charge in [0.25, 0.3) is 0 Å². The van der Waals surface area contributed by atoms with Crippen LogP contribution >= 0.6 is 0 Å². The third kappa shape index (κ3) is 3.42. The Hall–Kier alpha value is -1.66. The van der Waals surface area contributed by atoms with Crippen molar-refractivity contribution < 1.29 is 31.5 Å². The highest BCUT2D eigenvalue weighted by atomic mass is 19.2. The smallest absolute Gasteiger partial charge is 0.311 e. The van der Waals surface area contributed by atoms with Crippen molar-refractivity contribution in [3.8, 4) is 5.75 Å². The van der Waals surface area contributed by atoms with Crippen LogP contribution in [0.3, 0.4) is 0 Å². The maximum atomic E-state index is 13.2. The molecule has 0 aliphatic heterocycles. The summed E-state index contributed by atoms with van der Waals surface area (Å²) in [6.45, 7) is 1.87. The molecule has 0 saturated heterocycles. The molecule has 0 heterocycles. The first-order chi connectivity index (χ1) is 8.90. The van der Waals surface area contributed by atoms with Gasteiger partial charge in [0, 0.05) is 6.42 Å². The van der Waals surface area contributed by atoms with Gasteiger partial charge >= 0.3 is 5.97 Å². The van der Waals surface area contributed by atoms with Gasteiger partial charge in [0.1, 0.15) is 0 Å². The zero-order valence-electron chi connectivity index (χ0n) is 10.0. The highest BCUT2D eigenvalue weighted by Crippen LogP contribution is 2.29. The molecule has 0 bridgehead atoms. The Morgan fingerprint density at radius 3 is 1.84 bits per heavy atom. The van der Waals surface area contributed by atoms with Crippen molar-refractivity contribution in [1.29, 1.82) is 0 Å². The molecule has 0 spiro atoms. The molecule has 0 aliphatic carbocycles. The zero-order valence-corrected chi connectivity index (χ0v) is 10.0. The van der Waals surface area contributed by atoms with Crippen molar-refractivity contribution in [2.45, 2.75) is 32.6 Å². The molecule has 0 atom stereocenters. The van der Waals surface area contributed by atoms with E-state index in [9.17, 15) is 26.7 Å². The molecule has 0 radical (unpaired) electrons. The normalized spacial score (nSPS) is 10.6. The van der Waals surface area contributed by atoms with Crippen LogP contribution in [0.15, 0.2) is 0 Å². The number of esters is 1. The van der Waals surface area contributed by atoms with Gasteiger partial charge in [0.2, 0.25) is 34.8 Å². The van der Waals surface area contributed by atoms with Crippen LogP contribution in [0.1, 0.15) is 32.6 Å². The van der Waals surface area contributed by atoms with Crippen LogP contribution in [0.5, 0.6) is 5.75 Å². The second-order valence-corrected chi connectivity index (χ2v) is 3.83. The van der Waals surface area contributed by atoms with Gasteiger partial charge in [-0.25, -0.2) is 13.2 Å². The first-order valence-corrected chi connectivity index (χ1v) is 5.62. The molecule has 106 valence electrons. The van der Waals surface area contributed by atoms with Crippen LogP contribution in [0.25, 0.3) is 0 Å². The number of carbonyl (C=O) groups excluding carboxylic acids is 1. The van der Waals surface area contributed by atoms with Gasteiger partial charge in [-0.2, -0.15) is 8.78 Å². The van der Waals surface area contributed by atoms with E-state index in [0.29, 0.717) is 12.8 Å². The summed E-state index contributed by atoms with van der Waals surface area (Å²) in [5.74, 6) is -13.5. The quantitative estimate of drug-likeness (QED) is 0.205. The predicted molar refractivity (Wildman–Crippen MR) is 56.0 cm³/mol. The standard InChI is InChI=1S/C12H11F5O2/c1-2-3-4-5-6(18)19-12-10(16)8(14)7(13)9(15)11(12)17/h2-5H2,1H3. The number of benzene rings is 1. The van der Waals surface area contributed by atoms with Gasteiger partial charge in [-0.3, -0.25) is 4.79 Å². The van der Waals surface area contributed by atoms with E-state index in [0.717, 1.165) is 6.42 Å². The summed E-state index contributed by atoms with van der Waals surface area (Å²) in [7, 11) is 0. The summed E-state index contributed by atoms with van der Waals surface area (Å²) in [4.78, 5) is 11.2. The minimum atomic E-state index is -2.29. The zero-order chi connectivity index (χ0) is 14.6. The predicted octanol–water partition coefficient (Wildman–Crippen LogP) is 3.87. The van der Waals surface area contributed by atoms with Crippen LogP contribution in [-0.4, -0.2) is 5.97 Å². The van der Waals surface area contributed by atoms with Crippen LogP contribution in [0, 0.1) is 29.1 Å². The summed E-state index contributed by atoms with van der Waals surface area (Å²) in [5, 5.41) is 0. The first-order valence-electron chi connectivity index (χ1n) is 5.62. The lowest BCUT2D eigenvalue weighted by molar-refractivity contribution is -0.135. The van der Waals surface area contributed by atoms with E-state index < -0.39 is 40.8 Å². The van der Waals surface area contributed by atoms with Gasteiger partial charge in [-0.1, -0.05) is 19.8 Å². The van der Waals surface area contributed by atoms with Crippen LogP contribution in [-0.2, 0) is 4.79 Å². The topological polar surface area (TPSA) is 26.3 Å². The van der Waals surface area contributed by atoms with Gasteiger partial charge < -0.3 is 4.74 Å². The van der Waals surface area contributed by atoms with E-state index in [1.165, 1.54) is 0 Å². The lowest BCUT2D eigenvalue weighted by Crippen LogP contribution is -2.13. The Morgan fingerprint density at radius 1 is 0.895 bits per heavy atom. The summed E-state index contributed by atoms with van der Waals surface area (Å²) >= 11 is 0. The molecule has 0 aromatic heterocycles. The van der Waals surface area contributed by atoms with E-state index in [-0.39, 0.29) is 6.42 Å². The van der Waals surface area contributed by atoms with Gasteiger partial charge in [0.05, 0.1) is 0 Å². The fraction of sp³-hybridized carbons (Fsp3) is 0.417. The SMILES string of the molecule is CCCCCC(=O)Oc1c(F)c(F)c(F)c(F)c1F. The molecule has 1 rings (SSSR count). The molecule has 19 heavy (non-hydrogen) atoms. The molecule has 0 unspecified atom stereocenters. The van der Waals surface area contributed by atoms with E-state index in [4.69, 9.17) is 0 Å². The second-order valence-electron chi connectivity index (χ2n) is 3.83. The average molecular weight is 282 g/mol. The molecule has 7 heteroatoms. The Kier molecular flexibility index (Phi) is 5.26. The van der Waals surface area contributed by atoms with Crippen molar-refractivity contribution >= 4 is 5.97 Å². The summed E-state index contributed by atoms with van der Waals surface area (Å²) in [5.41, 5.74) is 0. The van der Waals surface area contributed by atoms with Gasteiger partial charge in [-0.05, 0) is 6.42 Å². The van der Waals surface area contributed by atoms with E-state index >= 15 is 0 Å². The number of carbonyl (C=O) groups is 1. The fourth-order valence-corrected chi connectivity index (χ4v) is 1.36. The largest absolute Gasteiger partial charge is 0.420 e. The van der Waals surface area contributed by atoms with E-state index in [2.05, 4.69) is 4.74 Å². The number of unbranched alkanes of at least 4 members (excludes halogenated alkanes) is 2. The molecular weight excluding hydrogens is 271 g/mol. The van der Waals surface area contributed by atoms with Crippen LogP contribution in [0.4, 0.5) is 22.0 Å². The molecular formula is C12H11F5O2. The number of ether oxygens (including phenoxy) is 1. The molecule has 2 nitrogen and oxygen atoms in total. The molecule has 0 fully saturated rings. The summed E-state index contributed by atoms with van der Waals surface area (Å²) in [6.07, 6.45) is 1.74. The Morgan fingerprint density at radius 2 is 1.37 bits per heavy atom. The van der Waals surface area contributed by atoms with Crippen molar-refractivity contribution in [2.75, 3.05) is 0 Å². The fourth-order valence-electron chi connectivity index (χ4n) is 1.36. The number of hydrogen-bond donors (Lipinski definition) is 0. The summed E-state index contributed by atoms with van der Waals surface area (Å²) in [6, 6.07) is 0. The van der Waals surface area contributed by atoms with Crippen molar-refractivity contribution in [3.63, 3.8) is 0 Å². The summed E-state index contributed by atoms with van der Waals surface area (Å²) < 4.78 is 68.8. The number of rotatable bonds is 5. The Balaban J connectivity index is 2.93. The van der Waals surface area contributed by atoms with Crippen LogP contribution in [0.2, 0.25) is 0 Å². The second kappa shape index (κ2) is 6.49. The van der Waals surface area contributed by atoms with E-state index in [1.807, 2.05) is 6.92 Å². The number of halogens is 5. The number of hydrogen-bond acceptors (Lipinski definition) is 2. The first kappa shape index (κ1) is 15.4. The maximum absolute atomic E-state index is 13.2. The third-order valence-electron chi connectivity index (χ3n) is 2.37. The highest BCUT2D eigenvalue weighted by molar-refractivity contribution is 5.72. The lowest BCUT2D eigenvalue weighted by atomic mass is 10.2. The maximum Gasteiger partial charge on any atom is 0.311 e. The molecule has 0 saturated carbocycles. The molecule has 0 aliphatic rings. The Labute approximate surface area is 106 Å². The van der Waals surface area contributed by atoms with Gasteiger partial charge in [-0.15, -0.1) is 0 Å². The van der Waals surface area contributed by atoms with Crippen molar-refractivity contribution in [1.82, 2.24) is 0 Å². The minimum Gasteiger partial charge on any atom is -0.420 e. The lowest BCUT2D eigenvalue weighted by Gasteiger charge is -2.08. The van der Waals surface area contributed by atoms with Gasteiger partial charge in [0.15, 0.2) is 0 Å². The third-order valence-corrected chi connectivity index (χ3v) is 2.37. The van der Waals surface area contributed by atoms with E-state index in [1.54, 1.807) is 0 Å². The molecule has 0 N–H and O–H groups in total. The van der Waals surface area contributed by atoms with Crippen LogP contribution < -0.4 is 4.74 Å². The average Bonchev–Trinajstić information content (AvgIpc) is 2.39. The molecule has 1 aromatic rings. The van der Waals surface area contributed by atoms with Crippen molar-refractivity contribution in [2.24, 2.45) is 0 Å². The molecule has 0 amide bonds. The Bertz CT molecular complexity index is 458. The van der Waals surface area contributed by atoms with Crippen molar-refractivity contribution in [3.05, 3.63) is 29.1 Å².